The van der Waals surface area contributed by atoms with E-state index in [0.717, 1.165) is 22.6 Å². The number of hydrogen-bond acceptors (Lipinski definition) is 4. The molecule has 2 heterocycles. The molecular formula is C22H19N3O3. The third-order valence-electron chi connectivity index (χ3n) is 4.68. The lowest BCUT2D eigenvalue weighted by Crippen LogP contribution is -2.24. The van der Waals surface area contributed by atoms with Gasteiger partial charge in [-0.1, -0.05) is 18.2 Å². The normalized spacial score (nSPS) is 12.6. The van der Waals surface area contributed by atoms with Crippen molar-refractivity contribution in [3.63, 3.8) is 0 Å². The Morgan fingerprint density at radius 1 is 1.14 bits per heavy atom. The number of carbonyl (C=O) groups excluding carboxylic acids is 2. The minimum Gasteiger partial charge on any atom is -0.497 e. The first-order valence-electron chi connectivity index (χ1n) is 8.92. The van der Waals surface area contributed by atoms with Crippen LogP contribution in [0.3, 0.4) is 0 Å². The highest BCUT2D eigenvalue weighted by Gasteiger charge is 2.31. The molecular weight excluding hydrogens is 354 g/mol. The molecule has 0 unspecified atom stereocenters. The molecule has 0 bridgehead atoms. The fourth-order valence-corrected chi connectivity index (χ4v) is 3.32. The molecule has 28 heavy (non-hydrogen) atoms. The molecule has 1 N–H and O–H groups in total. The van der Waals surface area contributed by atoms with Gasteiger partial charge in [0.05, 0.1) is 31.3 Å². The first-order valence-corrected chi connectivity index (χ1v) is 8.92. The standard InChI is InChI=1S/C22H19N3O3/c1-28-18-9-7-17(8-10-18)25-14-16-5-2-6-19(21(16)22(25)27)24-20(26)12-15-4-3-11-23-13-15/h2-11,13H,12,14H2,1H3,(H,24,26). The molecule has 1 aliphatic heterocycles. The number of amides is 2. The first-order chi connectivity index (χ1) is 13.7. The van der Waals surface area contributed by atoms with Gasteiger partial charge in [0.25, 0.3) is 5.91 Å². The van der Waals surface area contributed by atoms with Crippen molar-refractivity contribution in [3.05, 3.63) is 83.7 Å². The van der Waals surface area contributed by atoms with Crippen molar-refractivity contribution in [1.82, 2.24) is 4.98 Å². The van der Waals surface area contributed by atoms with Crippen LogP contribution in [0.2, 0.25) is 0 Å². The Balaban J connectivity index is 1.55. The Kier molecular flexibility index (Phi) is 4.76. The summed E-state index contributed by atoms with van der Waals surface area (Å²) in [6, 6.07) is 16.5. The van der Waals surface area contributed by atoms with Gasteiger partial charge in [0.1, 0.15) is 5.75 Å². The molecule has 4 rings (SSSR count). The number of benzene rings is 2. The van der Waals surface area contributed by atoms with Crippen molar-refractivity contribution < 1.29 is 14.3 Å². The Morgan fingerprint density at radius 3 is 2.68 bits per heavy atom. The summed E-state index contributed by atoms with van der Waals surface area (Å²) in [6.45, 7) is 0.465. The molecule has 0 spiro atoms. The predicted octanol–water partition coefficient (Wildman–Crippen LogP) is 3.43. The summed E-state index contributed by atoms with van der Waals surface area (Å²) in [5.41, 5.74) is 3.57. The number of rotatable bonds is 5. The molecule has 2 aromatic carbocycles. The van der Waals surface area contributed by atoms with Gasteiger partial charge in [-0.05, 0) is 47.5 Å². The lowest BCUT2D eigenvalue weighted by molar-refractivity contribution is -0.115. The number of methoxy groups -OCH3 is 1. The average molecular weight is 373 g/mol. The Hall–Kier alpha value is -3.67. The lowest BCUT2D eigenvalue weighted by atomic mass is 10.1. The Morgan fingerprint density at radius 2 is 1.96 bits per heavy atom. The zero-order valence-electron chi connectivity index (χ0n) is 15.4. The number of fused-ring (bicyclic) bond motifs is 1. The summed E-state index contributed by atoms with van der Waals surface area (Å²) in [7, 11) is 1.60. The number of ether oxygens (including phenoxy) is 1. The van der Waals surface area contributed by atoms with E-state index in [4.69, 9.17) is 4.74 Å². The largest absolute Gasteiger partial charge is 0.497 e. The van der Waals surface area contributed by atoms with Crippen molar-refractivity contribution in [3.8, 4) is 5.75 Å². The SMILES string of the molecule is COc1ccc(N2Cc3cccc(NC(=O)Cc4cccnc4)c3C2=O)cc1. The quantitative estimate of drug-likeness (QED) is 0.744. The van der Waals surface area contributed by atoms with Crippen molar-refractivity contribution >= 4 is 23.2 Å². The molecule has 2 amide bonds. The van der Waals surface area contributed by atoms with Crippen molar-refractivity contribution in [2.24, 2.45) is 0 Å². The van der Waals surface area contributed by atoms with Crippen LogP contribution in [-0.2, 0) is 17.8 Å². The van der Waals surface area contributed by atoms with Gasteiger partial charge in [-0.2, -0.15) is 0 Å². The summed E-state index contributed by atoms with van der Waals surface area (Å²) >= 11 is 0. The summed E-state index contributed by atoms with van der Waals surface area (Å²) < 4.78 is 5.18. The van der Waals surface area contributed by atoms with Crippen LogP contribution in [0.25, 0.3) is 0 Å². The molecule has 0 saturated heterocycles. The number of carbonyl (C=O) groups is 2. The van der Waals surface area contributed by atoms with Crippen LogP contribution in [0.1, 0.15) is 21.5 Å². The summed E-state index contributed by atoms with van der Waals surface area (Å²) in [4.78, 5) is 31.2. The zero-order chi connectivity index (χ0) is 19.5. The molecule has 6 heteroatoms. The van der Waals surface area contributed by atoms with E-state index in [1.54, 1.807) is 36.5 Å². The van der Waals surface area contributed by atoms with E-state index in [1.165, 1.54) is 0 Å². The van der Waals surface area contributed by atoms with Crippen molar-refractivity contribution in [2.45, 2.75) is 13.0 Å². The number of nitrogens with one attached hydrogen (secondary N) is 1. The van der Waals surface area contributed by atoms with E-state index in [-0.39, 0.29) is 18.2 Å². The number of aromatic nitrogens is 1. The molecule has 140 valence electrons. The number of pyridine rings is 1. The van der Waals surface area contributed by atoms with E-state index < -0.39 is 0 Å². The third kappa shape index (κ3) is 3.44. The smallest absolute Gasteiger partial charge is 0.261 e. The van der Waals surface area contributed by atoms with E-state index in [1.807, 2.05) is 42.5 Å². The highest BCUT2D eigenvalue weighted by Crippen LogP contribution is 2.33. The van der Waals surface area contributed by atoms with Gasteiger partial charge in [0, 0.05) is 18.1 Å². The lowest BCUT2D eigenvalue weighted by Gasteiger charge is -2.16. The molecule has 0 fully saturated rings. The van der Waals surface area contributed by atoms with Gasteiger partial charge in [-0.25, -0.2) is 0 Å². The van der Waals surface area contributed by atoms with Crippen LogP contribution in [0.15, 0.2) is 67.0 Å². The van der Waals surface area contributed by atoms with Gasteiger partial charge < -0.3 is 15.0 Å². The fourth-order valence-electron chi connectivity index (χ4n) is 3.32. The maximum atomic E-state index is 13.0. The molecule has 0 atom stereocenters. The second-order valence-electron chi connectivity index (χ2n) is 6.52. The number of anilines is 2. The summed E-state index contributed by atoms with van der Waals surface area (Å²) in [6.07, 6.45) is 3.53. The zero-order valence-corrected chi connectivity index (χ0v) is 15.4. The van der Waals surface area contributed by atoms with E-state index >= 15 is 0 Å². The summed E-state index contributed by atoms with van der Waals surface area (Å²) in [5, 5.41) is 2.88. The van der Waals surface area contributed by atoms with Gasteiger partial charge >= 0.3 is 0 Å². The summed E-state index contributed by atoms with van der Waals surface area (Å²) in [5.74, 6) is 0.422. The molecule has 1 aliphatic rings. The number of hydrogen-bond donors (Lipinski definition) is 1. The third-order valence-corrected chi connectivity index (χ3v) is 4.68. The molecule has 0 aliphatic carbocycles. The highest BCUT2D eigenvalue weighted by molar-refractivity contribution is 6.15. The first kappa shape index (κ1) is 17.7. The Bertz CT molecular complexity index is 1020. The molecule has 3 aromatic rings. The molecule has 0 saturated carbocycles. The van der Waals surface area contributed by atoms with Crippen LogP contribution in [-0.4, -0.2) is 23.9 Å². The van der Waals surface area contributed by atoms with Crippen LogP contribution in [0, 0.1) is 0 Å². The predicted molar refractivity (Wildman–Crippen MR) is 107 cm³/mol. The molecule has 0 radical (unpaired) electrons. The number of nitrogens with zero attached hydrogens (tertiary/aromatic N) is 2. The van der Waals surface area contributed by atoms with Crippen LogP contribution >= 0.6 is 0 Å². The molecule has 1 aromatic heterocycles. The highest BCUT2D eigenvalue weighted by atomic mass is 16.5. The second-order valence-corrected chi connectivity index (χ2v) is 6.52. The van der Waals surface area contributed by atoms with Gasteiger partial charge in [0.15, 0.2) is 0 Å². The van der Waals surface area contributed by atoms with Crippen molar-refractivity contribution in [2.75, 3.05) is 17.3 Å². The fraction of sp³-hybridized carbons (Fsp3) is 0.136. The minimum absolute atomic E-state index is 0.127. The van der Waals surface area contributed by atoms with Crippen molar-refractivity contribution in [1.29, 1.82) is 0 Å². The van der Waals surface area contributed by atoms with Crippen LogP contribution < -0.4 is 15.0 Å². The monoisotopic (exact) mass is 373 g/mol. The average Bonchev–Trinajstić information content (AvgIpc) is 3.06. The Labute approximate surface area is 162 Å². The molecule has 6 nitrogen and oxygen atoms in total. The van der Waals surface area contributed by atoms with E-state index in [9.17, 15) is 9.59 Å². The minimum atomic E-state index is -0.183. The maximum Gasteiger partial charge on any atom is 0.261 e. The van der Waals surface area contributed by atoms with Gasteiger partial charge in [-0.15, -0.1) is 0 Å². The van der Waals surface area contributed by atoms with E-state index in [2.05, 4.69) is 10.3 Å². The van der Waals surface area contributed by atoms with E-state index in [0.29, 0.717) is 17.8 Å². The second kappa shape index (κ2) is 7.52. The van der Waals surface area contributed by atoms with Gasteiger partial charge in [-0.3, -0.25) is 14.6 Å². The van der Waals surface area contributed by atoms with Gasteiger partial charge in [0.2, 0.25) is 5.91 Å². The van der Waals surface area contributed by atoms with Crippen LogP contribution in [0.5, 0.6) is 5.75 Å². The topological polar surface area (TPSA) is 71.5 Å². The maximum absolute atomic E-state index is 13.0. The van der Waals surface area contributed by atoms with Crippen LogP contribution in [0.4, 0.5) is 11.4 Å².